The highest BCUT2D eigenvalue weighted by atomic mass is 79.9. The molecule has 1 saturated carbocycles. The molecule has 4 heteroatoms. The zero-order chi connectivity index (χ0) is 11.7. The van der Waals surface area contributed by atoms with Gasteiger partial charge in [-0.15, -0.1) is 0 Å². The molecule has 2 rings (SSSR count). The van der Waals surface area contributed by atoms with Gasteiger partial charge in [0.15, 0.2) is 5.82 Å². The summed E-state index contributed by atoms with van der Waals surface area (Å²) in [6.07, 6.45) is 2.48. The fourth-order valence-electron chi connectivity index (χ4n) is 1.71. The molecule has 16 heavy (non-hydrogen) atoms. The van der Waals surface area contributed by atoms with Crippen LogP contribution in [0, 0.1) is 23.1 Å². The van der Waals surface area contributed by atoms with Gasteiger partial charge in [0.05, 0.1) is 15.7 Å². The number of anilines is 1. The topological polar surface area (TPSA) is 27.0 Å². The molecule has 1 aliphatic carbocycles. The van der Waals surface area contributed by atoms with Crippen LogP contribution in [-0.2, 0) is 0 Å². The largest absolute Gasteiger partial charge is 0.372 e. The number of benzene rings is 1. The van der Waals surface area contributed by atoms with Crippen molar-refractivity contribution in [2.75, 3.05) is 18.5 Å². The van der Waals surface area contributed by atoms with E-state index in [-0.39, 0.29) is 10.3 Å². The summed E-state index contributed by atoms with van der Waals surface area (Å²) < 4.78 is 14.2. The minimum absolute atomic E-state index is 0.259. The molecule has 1 aliphatic rings. The molecular weight excluding hydrogens is 271 g/mol. The van der Waals surface area contributed by atoms with Gasteiger partial charge in [0.1, 0.15) is 6.07 Å². The van der Waals surface area contributed by atoms with Crippen molar-refractivity contribution in [2.45, 2.75) is 12.8 Å². The van der Waals surface area contributed by atoms with Crippen molar-refractivity contribution >= 4 is 21.6 Å². The first-order valence-electron chi connectivity index (χ1n) is 5.22. The van der Waals surface area contributed by atoms with E-state index < -0.39 is 0 Å². The Morgan fingerprint density at radius 2 is 2.25 bits per heavy atom. The van der Waals surface area contributed by atoms with Gasteiger partial charge in [-0.2, -0.15) is 5.26 Å². The number of nitrogens with zero attached hydrogens (tertiary/aromatic N) is 2. The summed E-state index contributed by atoms with van der Waals surface area (Å²) in [5, 5.41) is 8.77. The van der Waals surface area contributed by atoms with Crippen molar-refractivity contribution in [1.82, 2.24) is 0 Å². The van der Waals surface area contributed by atoms with E-state index in [1.165, 1.54) is 12.8 Å². The average molecular weight is 283 g/mol. The molecule has 0 radical (unpaired) electrons. The molecule has 1 aromatic carbocycles. The Morgan fingerprint density at radius 3 is 2.81 bits per heavy atom. The summed E-state index contributed by atoms with van der Waals surface area (Å²) in [6, 6.07) is 5.26. The Morgan fingerprint density at radius 1 is 1.56 bits per heavy atom. The van der Waals surface area contributed by atoms with Gasteiger partial charge in [0, 0.05) is 13.6 Å². The third-order valence-corrected chi connectivity index (χ3v) is 3.60. The van der Waals surface area contributed by atoms with Gasteiger partial charge in [0.25, 0.3) is 0 Å². The molecule has 1 fully saturated rings. The van der Waals surface area contributed by atoms with Crippen molar-refractivity contribution in [3.05, 3.63) is 28.0 Å². The van der Waals surface area contributed by atoms with Gasteiger partial charge in [-0.25, -0.2) is 4.39 Å². The van der Waals surface area contributed by atoms with Gasteiger partial charge >= 0.3 is 0 Å². The highest BCUT2D eigenvalue weighted by Crippen LogP contribution is 2.33. The van der Waals surface area contributed by atoms with E-state index in [4.69, 9.17) is 5.26 Å². The zero-order valence-electron chi connectivity index (χ0n) is 9.00. The second-order valence-electron chi connectivity index (χ2n) is 4.20. The zero-order valence-corrected chi connectivity index (χ0v) is 10.6. The lowest BCUT2D eigenvalue weighted by Crippen LogP contribution is -2.21. The third-order valence-electron chi connectivity index (χ3n) is 2.82. The van der Waals surface area contributed by atoms with Crippen LogP contribution < -0.4 is 4.90 Å². The fraction of sp³-hybridized carbons (Fsp3) is 0.417. The maximum Gasteiger partial charge on any atom is 0.161 e. The van der Waals surface area contributed by atoms with Crippen LogP contribution in [0.2, 0.25) is 0 Å². The maximum absolute atomic E-state index is 13.9. The lowest BCUT2D eigenvalue weighted by molar-refractivity contribution is 0.612. The quantitative estimate of drug-likeness (QED) is 0.851. The van der Waals surface area contributed by atoms with Crippen molar-refractivity contribution in [1.29, 1.82) is 5.26 Å². The van der Waals surface area contributed by atoms with Gasteiger partial charge in [-0.1, -0.05) is 0 Å². The van der Waals surface area contributed by atoms with Crippen LogP contribution in [0.25, 0.3) is 0 Å². The van der Waals surface area contributed by atoms with E-state index in [0.29, 0.717) is 17.2 Å². The molecule has 0 spiro atoms. The predicted molar refractivity (Wildman–Crippen MR) is 64.8 cm³/mol. The van der Waals surface area contributed by atoms with Gasteiger partial charge in [-0.05, 0) is 46.8 Å². The van der Waals surface area contributed by atoms with Gasteiger partial charge < -0.3 is 4.90 Å². The Bertz CT molecular complexity index is 449. The van der Waals surface area contributed by atoms with E-state index in [9.17, 15) is 4.39 Å². The maximum atomic E-state index is 13.9. The molecule has 0 saturated heterocycles. The Labute approximate surface area is 103 Å². The number of nitriles is 1. The van der Waals surface area contributed by atoms with Crippen LogP contribution in [0.4, 0.5) is 10.1 Å². The summed E-state index contributed by atoms with van der Waals surface area (Å²) >= 11 is 3.12. The Kier molecular flexibility index (Phi) is 3.15. The molecule has 2 nitrogen and oxygen atoms in total. The van der Waals surface area contributed by atoms with Gasteiger partial charge in [0.2, 0.25) is 0 Å². The number of rotatable bonds is 3. The molecule has 0 bridgehead atoms. The molecule has 0 amide bonds. The van der Waals surface area contributed by atoms with Crippen LogP contribution in [-0.4, -0.2) is 13.6 Å². The fourth-order valence-corrected chi connectivity index (χ4v) is 2.13. The first kappa shape index (κ1) is 11.4. The van der Waals surface area contributed by atoms with E-state index in [0.717, 1.165) is 6.54 Å². The third kappa shape index (κ3) is 2.19. The number of hydrogen-bond donors (Lipinski definition) is 0. The van der Waals surface area contributed by atoms with Crippen LogP contribution in [0.1, 0.15) is 18.4 Å². The molecule has 0 unspecified atom stereocenters. The highest BCUT2D eigenvalue weighted by molar-refractivity contribution is 9.10. The molecule has 1 aromatic rings. The minimum Gasteiger partial charge on any atom is -0.372 e. The minimum atomic E-state index is -0.345. The highest BCUT2D eigenvalue weighted by Gasteiger charge is 2.24. The monoisotopic (exact) mass is 282 g/mol. The summed E-state index contributed by atoms with van der Waals surface area (Å²) in [7, 11) is 1.88. The molecule has 0 aromatic heterocycles. The number of hydrogen-bond acceptors (Lipinski definition) is 2. The SMILES string of the molecule is CN(CC1CC1)c1ccc(C#N)c(Br)c1F. The number of halogens is 2. The van der Waals surface area contributed by atoms with Crippen molar-refractivity contribution in [3.8, 4) is 6.07 Å². The molecule has 84 valence electrons. The summed E-state index contributed by atoms with van der Waals surface area (Å²) in [4.78, 5) is 1.92. The van der Waals surface area contributed by atoms with Crippen molar-refractivity contribution < 1.29 is 4.39 Å². The average Bonchev–Trinajstić information content (AvgIpc) is 3.05. The van der Waals surface area contributed by atoms with E-state index in [1.54, 1.807) is 12.1 Å². The molecule has 0 aliphatic heterocycles. The molecule has 0 atom stereocenters. The first-order valence-corrected chi connectivity index (χ1v) is 6.02. The standard InChI is InChI=1S/C12H12BrFN2/c1-16(7-8-2-3-8)10-5-4-9(6-15)11(13)12(10)14/h4-5,8H,2-3,7H2,1H3. The second kappa shape index (κ2) is 4.42. The van der Waals surface area contributed by atoms with E-state index in [1.807, 2.05) is 18.0 Å². The van der Waals surface area contributed by atoms with E-state index in [2.05, 4.69) is 15.9 Å². The van der Waals surface area contributed by atoms with Crippen LogP contribution >= 0.6 is 15.9 Å². The summed E-state index contributed by atoms with van der Waals surface area (Å²) in [5.41, 5.74) is 0.888. The summed E-state index contributed by atoms with van der Waals surface area (Å²) in [5.74, 6) is 0.362. The summed E-state index contributed by atoms with van der Waals surface area (Å²) in [6.45, 7) is 0.884. The predicted octanol–water partition coefficient (Wildman–Crippen LogP) is 3.31. The van der Waals surface area contributed by atoms with Crippen LogP contribution in [0.3, 0.4) is 0 Å². The smallest absolute Gasteiger partial charge is 0.161 e. The Balaban J connectivity index is 2.27. The normalized spacial score (nSPS) is 14.6. The molecular formula is C12H12BrFN2. The van der Waals surface area contributed by atoms with E-state index >= 15 is 0 Å². The van der Waals surface area contributed by atoms with Crippen molar-refractivity contribution in [3.63, 3.8) is 0 Å². The lowest BCUT2D eigenvalue weighted by atomic mass is 10.2. The lowest BCUT2D eigenvalue weighted by Gasteiger charge is -2.20. The van der Waals surface area contributed by atoms with Gasteiger partial charge in [-0.3, -0.25) is 0 Å². The van der Waals surface area contributed by atoms with Crippen molar-refractivity contribution in [2.24, 2.45) is 5.92 Å². The molecule has 0 heterocycles. The Hall–Kier alpha value is -1.08. The second-order valence-corrected chi connectivity index (χ2v) is 4.99. The van der Waals surface area contributed by atoms with Crippen LogP contribution in [0.5, 0.6) is 0 Å². The molecule has 0 N–H and O–H groups in total. The van der Waals surface area contributed by atoms with Crippen LogP contribution in [0.15, 0.2) is 16.6 Å². The first-order chi connectivity index (χ1) is 7.63.